The van der Waals surface area contributed by atoms with Crippen LogP contribution in [0.25, 0.3) is 0 Å². The van der Waals surface area contributed by atoms with Crippen LogP contribution in [0, 0.1) is 0 Å². The number of hydrogen-bond donors (Lipinski definition) is 1. The van der Waals surface area contributed by atoms with Crippen LogP contribution in [0.4, 0.5) is 0 Å². The van der Waals surface area contributed by atoms with Crippen molar-refractivity contribution in [1.82, 2.24) is 0 Å². The number of rotatable bonds is 4. The van der Waals surface area contributed by atoms with Crippen molar-refractivity contribution in [2.75, 3.05) is 6.61 Å². The van der Waals surface area contributed by atoms with E-state index in [0.29, 0.717) is 0 Å². The topological polar surface area (TPSA) is 46.5 Å². The summed E-state index contributed by atoms with van der Waals surface area (Å²) in [7, 11) is 0. The standard InChI is InChI=1S/C8H11O3PS.ClH/c1-2-11-12(9,10)13-8-6-4-3-5-7-8;/h3-7H,2H2,1H3,(H,9,10);1H. The second-order valence-corrected chi connectivity index (χ2v) is 6.07. The van der Waals surface area contributed by atoms with E-state index in [0.717, 1.165) is 16.3 Å². The van der Waals surface area contributed by atoms with E-state index in [1.54, 1.807) is 19.1 Å². The minimum atomic E-state index is -3.50. The quantitative estimate of drug-likeness (QED) is 0.837. The highest BCUT2D eigenvalue weighted by atomic mass is 35.5. The van der Waals surface area contributed by atoms with Crippen LogP contribution >= 0.6 is 30.6 Å². The van der Waals surface area contributed by atoms with E-state index < -0.39 is 6.80 Å². The summed E-state index contributed by atoms with van der Waals surface area (Å²) < 4.78 is 16.0. The third kappa shape index (κ3) is 5.03. The van der Waals surface area contributed by atoms with Crippen LogP contribution in [-0.2, 0) is 9.09 Å². The SMILES string of the molecule is CCOP(=O)(O)Sc1ccccc1.Cl. The summed E-state index contributed by atoms with van der Waals surface area (Å²) in [6.45, 7) is -1.57. The Morgan fingerprint density at radius 3 is 2.50 bits per heavy atom. The molecule has 80 valence electrons. The minimum Gasteiger partial charge on any atom is -0.316 e. The Morgan fingerprint density at radius 1 is 1.43 bits per heavy atom. The van der Waals surface area contributed by atoms with Crippen molar-refractivity contribution in [3.05, 3.63) is 30.3 Å². The number of halogens is 1. The van der Waals surface area contributed by atoms with E-state index >= 15 is 0 Å². The second-order valence-electron chi connectivity index (χ2n) is 2.29. The van der Waals surface area contributed by atoms with Crippen LogP contribution in [0.15, 0.2) is 35.2 Å². The summed E-state index contributed by atoms with van der Waals surface area (Å²) in [4.78, 5) is 10.0. The first-order valence-corrected chi connectivity index (χ1v) is 6.86. The van der Waals surface area contributed by atoms with Crippen molar-refractivity contribution in [2.24, 2.45) is 0 Å². The Kier molecular flexibility index (Phi) is 6.49. The van der Waals surface area contributed by atoms with Gasteiger partial charge in [-0.2, -0.15) is 0 Å². The van der Waals surface area contributed by atoms with Crippen molar-refractivity contribution in [3.8, 4) is 0 Å². The zero-order valence-electron chi connectivity index (χ0n) is 7.62. The molecule has 0 aliphatic heterocycles. The minimum absolute atomic E-state index is 0. The van der Waals surface area contributed by atoms with Gasteiger partial charge in [-0.25, -0.2) is 4.57 Å². The van der Waals surface area contributed by atoms with Gasteiger partial charge in [0.25, 0.3) is 0 Å². The van der Waals surface area contributed by atoms with E-state index in [9.17, 15) is 9.46 Å². The fourth-order valence-corrected chi connectivity index (χ4v) is 3.37. The molecule has 0 bridgehead atoms. The highest BCUT2D eigenvalue weighted by Crippen LogP contribution is 2.58. The van der Waals surface area contributed by atoms with Gasteiger partial charge in [-0.05, 0) is 30.4 Å². The molecule has 14 heavy (non-hydrogen) atoms. The van der Waals surface area contributed by atoms with Crippen LogP contribution in [0.1, 0.15) is 6.92 Å². The van der Waals surface area contributed by atoms with Gasteiger partial charge in [0.15, 0.2) is 0 Å². The Hall–Kier alpha value is 0.01000. The van der Waals surface area contributed by atoms with E-state index in [1.807, 2.05) is 18.2 Å². The van der Waals surface area contributed by atoms with E-state index in [-0.39, 0.29) is 19.0 Å². The third-order valence-corrected chi connectivity index (χ3v) is 4.20. The van der Waals surface area contributed by atoms with Crippen LogP contribution < -0.4 is 0 Å². The molecule has 1 atom stereocenters. The molecule has 1 rings (SSSR count). The lowest BCUT2D eigenvalue weighted by Crippen LogP contribution is -1.83. The molecule has 0 heterocycles. The van der Waals surface area contributed by atoms with E-state index in [2.05, 4.69) is 0 Å². The lowest BCUT2D eigenvalue weighted by Gasteiger charge is -2.08. The molecule has 1 N–H and O–H groups in total. The average Bonchev–Trinajstić information content (AvgIpc) is 2.04. The number of benzene rings is 1. The molecule has 0 fully saturated rings. The first kappa shape index (κ1) is 14.0. The van der Waals surface area contributed by atoms with Gasteiger partial charge < -0.3 is 9.42 Å². The Morgan fingerprint density at radius 2 is 2.00 bits per heavy atom. The maximum Gasteiger partial charge on any atom is 0.391 e. The zero-order chi connectivity index (χ0) is 9.73. The molecule has 1 unspecified atom stereocenters. The first-order chi connectivity index (χ1) is 6.14. The lowest BCUT2D eigenvalue weighted by molar-refractivity contribution is 0.291. The Bertz CT molecular complexity index is 307. The molecule has 0 spiro atoms. The molecule has 0 saturated carbocycles. The van der Waals surface area contributed by atoms with E-state index in [1.165, 1.54) is 0 Å². The molecule has 3 nitrogen and oxygen atoms in total. The molecule has 0 aliphatic rings. The Balaban J connectivity index is 0.00000169. The van der Waals surface area contributed by atoms with Crippen molar-refractivity contribution in [3.63, 3.8) is 0 Å². The largest absolute Gasteiger partial charge is 0.391 e. The van der Waals surface area contributed by atoms with Crippen molar-refractivity contribution >= 4 is 30.6 Å². The van der Waals surface area contributed by atoms with Crippen LogP contribution in [0.5, 0.6) is 0 Å². The van der Waals surface area contributed by atoms with Gasteiger partial charge >= 0.3 is 6.80 Å². The van der Waals surface area contributed by atoms with Crippen LogP contribution in [0.3, 0.4) is 0 Å². The van der Waals surface area contributed by atoms with Crippen LogP contribution in [0.2, 0.25) is 0 Å². The molecular weight excluding hydrogens is 243 g/mol. The summed E-state index contributed by atoms with van der Waals surface area (Å²) in [5, 5.41) is 0. The molecular formula is C8H12ClO3PS. The lowest BCUT2D eigenvalue weighted by atomic mass is 10.4. The predicted molar refractivity (Wildman–Crippen MR) is 61.0 cm³/mol. The predicted octanol–water partition coefficient (Wildman–Crippen LogP) is 3.34. The summed E-state index contributed by atoms with van der Waals surface area (Å²) >= 11 is 0.859. The maximum absolute atomic E-state index is 11.3. The highest BCUT2D eigenvalue weighted by Gasteiger charge is 2.19. The summed E-state index contributed by atoms with van der Waals surface area (Å²) in [5.74, 6) is 0. The number of hydrogen-bond acceptors (Lipinski definition) is 3. The average molecular weight is 255 g/mol. The molecule has 1 aromatic carbocycles. The van der Waals surface area contributed by atoms with E-state index in [4.69, 9.17) is 4.52 Å². The van der Waals surface area contributed by atoms with Gasteiger partial charge in [-0.15, -0.1) is 12.4 Å². The van der Waals surface area contributed by atoms with Crippen LogP contribution in [-0.4, -0.2) is 11.5 Å². The third-order valence-electron chi connectivity index (χ3n) is 1.26. The normalized spacial score (nSPS) is 14.1. The molecule has 0 saturated heterocycles. The molecule has 1 aromatic rings. The van der Waals surface area contributed by atoms with Gasteiger partial charge in [-0.3, -0.25) is 0 Å². The van der Waals surface area contributed by atoms with Crippen molar-refractivity contribution in [2.45, 2.75) is 11.8 Å². The van der Waals surface area contributed by atoms with Gasteiger partial charge in [0.1, 0.15) is 0 Å². The summed E-state index contributed by atoms with van der Waals surface area (Å²) in [5.41, 5.74) is 0. The second kappa shape index (κ2) is 6.49. The maximum atomic E-state index is 11.3. The fraction of sp³-hybridized carbons (Fsp3) is 0.250. The highest BCUT2D eigenvalue weighted by molar-refractivity contribution is 8.54. The Labute approximate surface area is 93.6 Å². The van der Waals surface area contributed by atoms with Gasteiger partial charge in [0.05, 0.1) is 6.61 Å². The molecule has 0 radical (unpaired) electrons. The molecule has 0 amide bonds. The summed E-state index contributed by atoms with van der Waals surface area (Å²) in [6.07, 6.45) is 0. The monoisotopic (exact) mass is 254 g/mol. The smallest absolute Gasteiger partial charge is 0.316 e. The molecule has 6 heteroatoms. The first-order valence-electron chi connectivity index (χ1n) is 3.86. The van der Waals surface area contributed by atoms with Crippen molar-refractivity contribution in [1.29, 1.82) is 0 Å². The fourth-order valence-electron chi connectivity index (χ4n) is 0.804. The van der Waals surface area contributed by atoms with Gasteiger partial charge in [0, 0.05) is 4.90 Å². The van der Waals surface area contributed by atoms with Gasteiger partial charge in [0.2, 0.25) is 0 Å². The molecule has 0 aromatic heterocycles. The van der Waals surface area contributed by atoms with Crippen molar-refractivity contribution < 1.29 is 14.0 Å². The van der Waals surface area contributed by atoms with Gasteiger partial charge in [-0.1, -0.05) is 18.2 Å². The molecule has 0 aliphatic carbocycles. The summed E-state index contributed by atoms with van der Waals surface area (Å²) in [6, 6.07) is 9.02. The zero-order valence-corrected chi connectivity index (χ0v) is 10.1.